The molecule has 0 fully saturated rings. The van der Waals surface area contributed by atoms with Crippen molar-refractivity contribution in [3.05, 3.63) is 0 Å². The fourth-order valence-corrected chi connectivity index (χ4v) is 1.93. The first-order valence-electron chi connectivity index (χ1n) is 6.48. The molecule has 0 saturated carbocycles. The standard InChI is InChI=1S/C13H28O3/c1-4-13(16)11(3)6-5-7-12(15)8-10(2)9-14/h10-16H,4-9H2,1-3H3. The minimum Gasteiger partial charge on any atom is -0.396 e. The molecule has 0 spiro atoms. The molecule has 0 aliphatic rings. The van der Waals surface area contributed by atoms with Crippen molar-refractivity contribution in [2.45, 2.75) is 65.1 Å². The lowest BCUT2D eigenvalue weighted by molar-refractivity contribution is 0.0919. The third-order valence-corrected chi connectivity index (χ3v) is 3.26. The molecular formula is C13H28O3. The zero-order valence-electron chi connectivity index (χ0n) is 10.9. The summed E-state index contributed by atoms with van der Waals surface area (Å²) in [6.45, 7) is 6.12. The van der Waals surface area contributed by atoms with E-state index in [1.54, 1.807) is 0 Å². The van der Waals surface area contributed by atoms with E-state index in [9.17, 15) is 10.2 Å². The first kappa shape index (κ1) is 15.9. The van der Waals surface area contributed by atoms with E-state index in [0.29, 0.717) is 12.3 Å². The maximum atomic E-state index is 9.69. The lowest BCUT2D eigenvalue weighted by Gasteiger charge is -2.18. The Kier molecular flexibility index (Phi) is 8.90. The second kappa shape index (κ2) is 8.97. The van der Waals surface area contributed by atoms with Crippen molar-refractivity contribution in [3.63, 3.8) is 0 Å². The smallest absolute Gasteiger partial charge is 0.0563 e. The van der Waals surface area contributed by atoms with Gasteiger partial charge in [-0.05, 0) is 37.5 Å². The summed E-state index contributed by atoms with van der Waals surface area (Å²) in [7, 11) is 0. The van der Waals surface area contributed by atoms with Gasteiger partial charge in [-0.1, -0.05) is 27.2 Å². The van der Waals surface area contributed by atoms with Crippen LogP contribution in [0.25, 0.3) is 0 Å². The minimum atomic E-state index is -0.312. The Labute approximate surface area is 99.5 Å². The van der Waals surface area contributed by atoms with Crippen LogP contribution >= 0.6 is 0 Å². The molecule has 0 aliphatic heterocycles. The summed E-state index contributed by atoms with van der Waals surface area (Å²) in [5, 5.41) is 28.1. The fraction of sp³-hybridized carbons (Fsp3) is 1.00. The van der Waals surface area contributed by atoms with Gasteiger partial charge in [-0.3, -0.25) is 0 Å². The van der Waals surface area contributed by atoms with Gasteiger partial charge in [-0.15, -0.1) is 0 Å². The number of hydrogen-bond donors (Lipinski definition) is 3. The van der Waals surface area contributed by atoms with Crippen LogP contribution in [-0.4, -0.2) is 34.1 Å². The second-order valence-electron chi connectivity index (χ2n) is 5.06. The summed E-state index contributed by atoms with van der Waals surface area (Å²) < 4.78 is 0. The first-order chi connectivity index (χ1) is 7.51. The van der Waals surface area contributed by atoms with Crippen LogP contribution in [0.3, 0.4) is 0 Å². The molecule has 0 saturated heterocycles. The number of aliphatic hydroxyl groups is 3. The molecule has 3 heteroatoms. The second-order valence-corrected chi connectivity index (χ2v) is 5.06. The van der Waals surface area contributed by atoms with E-state index in [0.717, 1.165) is 25.7 Å². The lowest BCUT2D eigenvalue weighted by Crippen LogP contribution is -2.18. The van der Waals surface area contributed by atoms with Crippen molar-refractivity contribution in [2.24, 2.45) is 11.8 Å². The Morgan fingerprint density at radius 2 is 1.69 bits per heavy atom. The van der Waals surface area contributed by atoms with Gasteiger partial charge in [0.15, 0.2) is 0 Å². The Bertz CT molecular complexity index is 161. The molecule has 0 radical (unpaired) electrons. The first-order valence-corrected chi connectivity index (χ1v) is 6.48. The number of rotatable bonds is 9. The Morgan fingerprint density at radius 1 is 1.06 bits per heavy atom. The van der Waals surface area contributed by atoms with Crippen molar-refractivity contribution in [1.29, 1.82) is 0 Å². The van der Waals surface area contributed by atoms with E-state index in [4.69, 9.17) is 5.11 Å². The normalized spacial score (nSPS) is 19.1. The van der Waals surface area contributed by atoms with Crippen molar-refractivity contribution in [1.82, 2.24) is 0 Å². The molecule has 0 amide bonds. The van der Waals surface area contributed by atoms with Gasteiger partial charge in [0.2, 0.25) is 0 Å². The largest absolute Gasteiger partial charge is 0.396 e. The van der Waals surface area contributed by atoms with E-state index in [2.05, 4.69) is 6.92 Å². The van der Waals surface area contributed by atoms with Crippen LogP contribution in [-0.2, 0) is 0 Å². The van der Waals surface area contributed by atoms with Gasteiger partial charge >= 0.3 is 0 Å². The molecule has 98 valence electrons. The van der Waals surface area contributed by atoms with E-state index >= 15 is 0 Å². The molecule has 0 aromatic carbocycles. The Morgan fingerprint density at radius 3 is 2.19 bits per heavy atom. The molecule has 3 N–H and O–H groups in total. The SMILES string of the molecule is CCC(O)C(C)CCCC(O)CC(C)CO. The topological polar surface area (TPSA) is 60.7 Å². The Balaban J connectivity index is 3.57. The number of aliphatic hydroxyl groups excluding tert-OH is 3. The van der Waals surface area contributed by atoms with Gasteiger partial charge in [-0.25, -0.2) is 0 Å². The molecule has 0 heterocycles. The van der Waals surface area contributed by atoms with E-state index < -0.39 is 0 Å². The lowest BCUT2D eigenvalue weighted by atomic mass is 9.94. The average molecular weight is 232 g/mol. The van der Waals surface area contributed by atoms with E-state index in [1.807, 2.05) is 13.8 Å². The summed E-state index contributed by atoms with van der Waals surface area (Å²) in [6, 6.07) is 0. The molecule has 4 unspecified atom stereocenters. The summed E-state index contributed by atoms with van der Waals surface area (Å²) in [5.74, 6) is 0.487. The molecule has 3 nitrogen and oxygen atoms in total. The molecule has 0 rings (SSSR count). The highest BCUT2D eigenvalue weighted by Gasteiger charge is 2.13. The third kappa shape index (κ3) is 7.20. The molecule has 0 aromatic heterocycles. The van der Waals surface area contributed by atoms with Crippen LogP contribution in [0.4, 0.5) is 0 Å². The molecule has 0 bridgehead atoms. The van der Waals surface area contributed by atoms with Gasteiger partial charge in [0, 0.05) is 6.61 Å². The van der Waals surface area contributed by atoms with Gasteiger partial charge in [-0.2, -0.15) is 0 Å². The maximum absolute atomic E-state index is 9.69. The third-order valence-electron chi connectivity index (χ3n) is 3.26. The van der Waals surface area contributed by atoms with Crippen LogP contribution in [0.1, 0.15) is 52.9 Å². The van der Waals surface area contributed by atoms with Crippen LogP contribution in [0.2, 0.25) is 0 Å². The zero-order valence-corrected chi connectivity index (χ0v) is 10.9. The van der Waals surface area contributed by atoms with Crippen molar-refractivity contribution in [2.75, 3.05) is 6.61 Å². The fourth-order valence-electron chi connectivity index (χ4n) is 1.93. The highest BCUT2D eigenvalue weighted by atomic mass is 16.3. The summed E-state index contributed by atoms with van der Waals surface area (Å²) >= 11 is 0. The maximum Gasteiger partial charge on any atom is 0.0563 e. The van der Waals surface area contributed by atoms with Crippen LogP contribution in [0.5, 0.6) is 0 Å². The Hall–Kier alpha value is -0.120. The van der Waals surface area contributed by atoms with Crippen molar-refractivity contribution < 1.29 is 15.3 Å². The van der Waals surface area contributed by atoms with Gasteiger partial charge < -0.3 is 15.3 Å². The van der Waals surface area contributed by atoms with Crippen molar-refractivity contribution >= 4 is 0 Å². The van der Waals surface area contributed by atoms with Gasteiger partial charge in [0.1, 0.15) is 0 Å². The summed E-state index contributed by atoms with van der Waals surface area (Å²) in [4.78, 5) is 0. The van der Waals surface area contributed by atoms with E-state index in [1.165, 1.54) is 0 Å². The highest BCUT2D eigenvalue weighted by Crippen LogP contribution is 2.17. The molecular weight excluding hydrogens is 204 g/mol. The number of hydrogen-bond acceptors (Lipinski definition) is 3. The predicted molar refractivity (Wildman–Crippen MR) is 66.2 cm³/mol. The monoisotopic (exact) mass is 232 g/mol. The van der Waals surface area contributed by atoms with Crippen LogP contribution < -0.4 is 0 Å². The summed E-state index contributed by atoms with van der Waals surface area (Å²) in [6.07, 6.45) is 3.61. The van der Waals surface area contributed by atoms with Crippen LogP contribution in [0, 0.1) is 11.8 Å². The minimum absolute atomic E-state index is 0.141. The van der Waals surface area contributed by atoms with Gasteiger partial charge in [0.25, 0.3) is 0 Å². The summed E-state index contributed by atoms with van der Waals surface area (Å²) in [5.41, 5.74) is 0. The quantitative estimate of drug-likeness (QED) is 0.569. The molecule has 0 aliphatic carbocycles. The predicted octanol–water partition coefficient (Wildman–Crippen LogP) is 1.94. The molecule has 0 aromatic rings. The zero-order chi connectivity index (χ0) is 12.6. The van der Waals surface area contributed by atoms with Crippen molar-refractivity contribution in [3.8, 4) is 0 Å². The van der Waals surface area contributed by atoms with Crippen LogP contribution in [0.15, 0.2) is 0 Å². The van der Waals surface area contributed by atoms with Gasteiger partial charge in [0.05, 0.1) is 12.2 Å². The average Bonchev–Trinajstić information content (AvgIpc) is 2.27. The molecule has 4 atom stereocenters. The highest BCUT2D eigenvalue weighted by molar-refractivity contribution is 4.66. The van der Waals surface area contributed by atoms with E-state index in [-0.39, 0.29) is 24.7 Å². The molecule has 16 heavy (non-hydrogen) atoms.